The van der Waals surface area contributed by atoms with Crippen LogP contribution in [0.2, 0.25) is 0 Å². The fourth-order valence-electron chi connectivity index (χ4n) is 3.08. The first-order chi connectivity index (χ1) is 12.1. The average Bonchev–Trinajstić information content (AvgIpc) is 3.21. The highest BCUT2D eigenvalue weighted by Gasteiger charge is 2.18. The van der Waals surface area contributed by atoms with Crippen molar-refractivity contribution in [2.24, 2.45) is 12.8 Å². The summed E-state index contributed by atoms with van der Waals surface area (Å²) in [5, 5.41) is 6.96. The summed E-state index contributed by atoms with van der Waals surface area (Å²) < 4.78 is 4.41. The molecule has 0 amide bonds. The molecule has 0 bridgehead atoms. The molecule has 4 aromatic rings. The Hall–Kier alpha value is -2.70. The smallest absolute Gasteiger partial charge is 0.264 e. The molecule has 25 heavy (non-hydrogen) atoms. The second-order valence-electron chi connectivity index (χ2n) is 6.13. The molecule has 0 saturated heterocycles. The predicted octanol–water partition coefficient (Wildman–Crippen LogP) is 3.47. The van der Waals surface area contributed by atoms with E-state index in [4.69, 9.17) is 5.73 Å². The van der Waals surface area contributed by atoms with Crippen LogP contribution in [0, 0.1) is 0 Å². The molecular formula is C19H18N4OS. The van der Waals surface area contributed by atoms with E-state index in [1.165, 1.54) is 0 Å². The maximum Gasteiger partial charge on any atom is 0.264 e. The van der Waals surface area contributed by atoms with Gasteiger partial charge in [-0.2, -0.15) is 5.10 Å². The first kappa shape index (κ1) is 15.8. The molecule has 0 radical (unpaired) electrons. The Kier molecular flexibility index (Phi) is 3.78. The van der Waals surface area contributed by atoms with E-state index in [0.29, 0.717) is 5.39 Å². The minimum absolute atomic E-state index is 0.0453. The maximum atomic E-state index is 13.4. The molecule has 3 heterocycles. The highest BCUT2D eigenvalue weighted by Crippen LogP contribution is 2.33. The molecule has 2 N–H and O–H groups in total. The number of para-hydroxylation sites is 1. The van der Waals surface area contributed by atoms with Gasteiger partial charge < -0.3 is 5.73 Å². The van der Waals surface area contributed by atoms with Gasteiger partial charge in [0, 0.05) is 51.9 Å². The number of rotatable bonds is 3. The van der Waals surface area contributed by atoms with Gasteiger partial charge in [-0.25, -0.2) is 0 Å². The molecule has 3 aromatic heterocycles. The van der Waals surface area contributed by atoms with Crippen LogP contribution in [0.15, 0.2) is 59.0 Å². The van der Waals surface area contributed by atoms with E-state index < -0.39 is 0 Å². The molecule has 1 aromatic carbocycles. The summed E-state index contributed by atoms with van der Waals surface area (Å²) in [4.78, 5) is 13.4. The van der Waals surface area contributed by atoms with Gasteiger partial charge in [0.2, 0.25) is 0 Å². The molecule has 0 saturated carbocycles. The number of pyridine rings is 1. The molecule has 6 heteroatoms. The fourth-order valence-corrected chi connectivity index (χ4v) is 4.08. The van der Waals surface area contributed by atoms with E-state index in [9.17, 15) is 4.79 Å². The zero-order chi connectivity index (χ0) is 17.6. The largest absolute Gasteiger partial charge is 0.323 e. The third-order valence-corrected chi connectivity index (χ3v) is 5.20. The first-order valence-corrected chi connectivity index (χ1v) is 8.91. The molecule has 0 aliphatic rings. The number of hydrogen-bond acceptors (Lipinski definition) is 4. The minimum Gasteiger partial charge on any atom is -0.323 e. The zero-order valence-electron chi connectivity index (χ0n) is 14.0. The van der Waals surface area contributed by atoms with Crippen molar-refractivity contribution in [2.45, 2.75) is 13.0 Å². The van der Waals surface area contributed by atoms with Crippen LogP contribution >= 0.6 is 11.3 Å². The summed E-state index contributed by atoms with van der Waals surface area (Å²) in [6, 6.07) is 11.4. The van der Waals surface area contributed by atoms with Gasteiger partial charge in [-0.1, -0.05) is 18.2 Å². The first-order valence-electron chi connectivity index (χ1n) is 8.03. The number of hydrogen-bond donors (Lipinski definition) is 1. The number of aryl methyl sites for hydroxylation is 1. The van der Waals surface area contributed by atoms with Crippen LogP contribution in [-0.2, 0) is 7.05 Å². The second-order valence-corrected chi connectivity index (χ2v) is 7.04. The number of nitrogens with two attached hydrogens (primary N) is 1. The molecule has 0 fully saturated rings. The molecule has 5 nitrogen and oxygen atoms in total. The van der Waals surface area contributed by atoms with Crippen molar-refractivity contribution in [1.29, 1.82) is 0 Å². The molecule has 0 unspecified atom stereocenters. The highest BCUT2D eigenvalue weighted by atomic mass is 32.1. The lowest BCUT2D eigenvalue weighted by atomic mass is 10.1. The Morgan fingerprint density at radius 3 is 2.64 bits per heavy atom. The lowest BCUT2D eigenvalue weighted by molar-refractivity contribution is 0.735. The van der Waals surface area contributed by atoms with Gasteiger partial charge in [-0.3, -0.25) is 14.0 Å². The van der Waals surface area contributed by atoms with E-state index in [-0.39, 0.29) is 11.6 Å². The topological polar surface area (TPSA) is 65.8 Å². The Morgan fingerprint density at radius 1 is 1.24 bits per heavy atom. The van der Waals surface area contributed by atoms with Gasteiger partial charge in [0.1, 0.15) is 0 Å². The molecule has 126 valence electrons. The molecule has 0 spiro atoms. The van der Waals surface area contributed by atoms with E-state index in [0.717, 1.165) is 27.2 Å². The quantitative estimate of drug-likeness (QED) is 0.615. The van der Waals surface area contributed by atoms with Gasteiger partial charge in [-0.05, 0) is 25.1 Å². The Labute approximate surface area is 149 Å². The monoisotopic (exact) mass is 350 g/mol. The van der Waals surface area contributed by atoms with Crippen LogP contribution in [0.25, 0.3) is 26.9 Å². The average molecular weight is 350 g/mol. The summed E-state index contributed by atoms with van der Waals surface area (Å²) in [5.74, 6) is 0. The van der Waals surface area contributed by atoms with Crippen molar-refractivity contribution in [3.05, 3.63) is 70.2 Å². The second kappa shape index (κ2) is 5.98. The van der Waals surface area contributed by atoms with Gasteiger partial charge in [0.25, 0.3) is 5.56 Å². The summed E-state index contributed by atoms with van der Waals surface area (Å²) >= 11 is 1.56. The maximum absolute atomic E-state index is 13.4. The Bertz CT molecular complexity index is 1110. The van der Waals surface area contributed by atoms with E-state index >= 15 is 0 Å². The summed E-state index contributed by atoms with van der Waals surface area (Å²) in [6.45, 7) is 1.90. The molecule has 1 atom stereocenters. The van der Waals surface area contributed by atoms with Gasteiger partial charge in [0.05, 0.1) is 11.6 Å². The van der Waals surface area contributed by atoms with Crippen molar-refractivity contribution in [1.82, 2.24) is 14.3 Å². The Morgan fingerprint density at radius 2 is 2.00 bits per heavy atom. The Balaban J connectivity index is 2.08. The third kappa shape index (κ3) is 2.59. The third-order valence-electron chi connectivity index (χ3n) is 4.27. The van der Waals surface area contributed by atoms with E-state index in [1.807, 2.05) is 61.9 Å². The highest BCUT2D eigenvalue weighted by molar-refractivity contribution is 7.17. The fraction of sp³-hybridized carbons (Fsp3) is 0.158. The number of aromatic nitrogens is 3. The lowest BCUT2D eigenvalue weighted by Gasteiger charge is -2.16. The van der Waals surface area contributed by atoms with Crippen molar-refractivity contribution in [3.63, 3.8) is 0 Å². The van der Waals surface area contributed by atoms with Crippen LogP contribution in [0.1, 0.15) is 18.7 Å². The number of thiophene rings is 1. The minimum atomic E-state index is -0.249. The summed E-state index contributed by atoms with van der Waals surface area (Å²) in [7, 11) is 1.87. The molecule has 4 rings (SSSR count). The van der Waals surface area contributed by atoms with Crippen LogP contribution in [0.3, 0.4) is 0 Å². The zero-order valence-corrected chi connectivity index (χ0v) is 14.8. The molecule has 0 aliphatic carbocycles. The van der Waals surface area contributed by atoms with E-state index in [1.54, 1.807) is 26.8 Å². The standard InChI is InChI=1S/C19H18N4OS/c1-12(20)16-8-17-18(15(11-25-17)13-9-21-22(2)10-13)19(24)23(16)14-6-4-3-5-7-14/h3-12H,20H2,1-2H3/t12-/m0/s1. The SMILES string of the molecule is C[C@H](N)c1cc2scc(-c3cnn(C)c3)c2c(=O)n1-c1ccccc1. The molecular weight excluding hydrogens is 332 g/mol. The van der Waals surface area contributed by atoms with Gasteiger partial charge >= 0.3 is 0 Å². The van der Waals surface area contributed by atoms with Crippen LogP contribution in [0.5, 0.6) is 0 Å². The van der Waals surface area contributed by atoms with Gasteiger partial charge in [0.15, 0.2) is 0 Å². The van der Waals surface area contributed by atoms with Crippen LogP contribution < -0.4 is 11.3 Å². The number of benzene rings is 1. The van der Waals surface area contributed by atoms with Crippen molar-refractivity contribution < 1.29 is 0 Å². The lowest BCUT2D eigenvalue weighted by Crippen LogP contribution is -2.25. The summed E-state index contributed by atoms with van der Waals surface area (Å²) in [6.07, 6.45) is 3.71. The predicted molar refractivity (Wildman–Crippen MR) is 102 cm³/mol. The number of nitrogens with zero attached hydrogens (tertiary/aromatic N) is 3. The van der Waals surface area contributed by atoms with Crippen molar-refractivity contribution >= 4 is 21.4 Å². The normalized spacial score (nSPS) is 12.6. The van der Waals surface area contributed by atoms with Gasteiger partial charge in [-0.15, -0.1) is 11.3 Å². The van der Waals surface area contributed by atoms with Crippen molar-refractivity contribution in [2.75, 3.05) is 0 Å². The number of fused-ring (bicyclic) bond motifs is 1. The van der Waals surface area contributed by atoms with Crippen LogP contribution in [-0.4, -0.2) is 14.3 Å². The van der Waals surface area contributed by atoms with Crippen LogP contribution in [0.4, 0.5) is 0 Å². The molecule has 0 aliphatic heterocycles. The van der Waals surface area contributed by atoms with E-state index in [2.05, 4.69) is 5.10 Å². The van der Waals surface area contributed by atoms with Crippen molar-refractivity contribution in [3.8, 4) is 16.8 Å². The summed E-state index contributed by atoms with van der Waals surface area (Å²) in [5.41, 5.74) is 9.61.